The van der Waals surface area contributed by atoms with E-state index >= 15 is 0 Å². The zero-order valence-electron chi connectivity index (χ0n) is 12.0. The number of carbonyl (C=O) groups excluding carboxylic acids is 2. The molecule has 0 bridgehead atoms. The maximum Gasteiger partial charge on any atom is 0.338 e. The Morgan fingerprint density at radius 3 is 2.50 bits per heavy atom. The molecule has 5 heteroatoms. The summed E-state index contributed by atoms with van der Waals surface area (Å²) >= 11 is 0. The average molecular weight is 278 g/mol. The van der Waals surface area contributed by atoms with Crippen molar-refractivity contribution in [2.75, 3.05) is 12.3 Å². The highest BCUT2D eigenvalue weighted by Gasteiger charge is 2.18. The van der Waals surface area contributed by atoms with E-state index in [-0.39, 0.29) is 5.91 Å². The molecule has 1 amide bonds. The van der Waals surface area contributed by atoms with E-state index in [0.29, 0.717) is 17.8 Å². The number of hydrogen-bond acceptors (Lipinski definition) is 4. The summed E-state index contributed by atoms with van der Waals surface area (Å²) in [6.07, 6.45) is 2.29. The first-order chi connectivity index (χ1) is 9.54. The summed E-state index contributed by atoms with van der Waals surface area (Å²) in [6.45, 7) is 4.26. The van der Waals surface area contributed by atoms with Gasteiger partial charge in [-0.05, 0) is 37.6 Å². The van der Waals surface area contributed by atoms with Gasteiger partial charge in [-0.1, -0.05) is 19.8 Å². The molecule has 5 nitrogen and oxygen atoms in total. The van der Waals surface area contributed by atoms with Crippen LogP contribution in [0.5, 0.6) is 0 Å². The first-order valence-corrected chi connectivity index (χ1v) is 6.88. The minimum absolute atomic E-state index is 0.273. The Morgan fingerprint density at radius 1 is 1.25 bits per heavy atom. The molecular formula is C15H22N2O3. The van der Waals surface area contributed by atoms with Crippen molar-refractivity contribution in [3.63, 3.8) is 0 Å². The fourth-order valence-corrected chi connectivity index (χ4v) is 1.63. The Hall–Kier alpha value is -2.04. The molecule has 1 aromatic carbocycles. The normalized spacial score (nSPS) is 11.7. The number of nitrogens with one attached hydrogen (secondary N) is 1. The van der Waals surface area contributed by atoms with E-state index in [1.54, 1.807) is 31.2 Å². The van der Waals surface area contributed by atoms with Gasteiger partial charge in [0, 0.05) is 12.2 Å². The molecule has 1 atom stereocenters. The second-order valence-electron chi connectivity index (χ2n) is 4.67. The van der Waals surface area contributed by atoms with Crippen LogP contribution in [0.3, 0.4) is 0 Å². The lowest BCUT2D eigenvalue weighted by Crippen LogP contribution is -2.36. The predicted molar refractivity (Wildman–Crippen MR) is 78.3 cm³/mol. The standard InChI is InChI=1S/C15H22N2O3/c1-3-4-5-10-17-14(18)11(2)20-15(19)12-6-8-13(16)9-7-12/h6-9,11H,3-5,10,16H2,1-2H3,(H,17,18). The van der Waals surface area contributed by atoms with Crippen molar-refractivity contribution in [1.29, 1.82) is 0 Å². The molecule has 1 rings (SSSR count). The van der Waals surface area contributed by atoms with Gasteiger partial charge in [0.05, 0.1) is 5.56 Å². The second kappa shape index (κ2) is 8.19. The SMILES string of the molecule is CCCCCNC(=O)C(C)OC(=O)c1ccc(N)cc1. The maximum absolute atomic E-state index is 11.8. The quantitative estimate of drug-likeness (QED) is 0.455. The molecule has 0 saturated heterocycles. The van der Waals surface area contributed by atoms with Gasteiger partial charge in [-0.3, -0.25) is 4.79 Å². The number of carbonyl (C=O) groups is 2. The summed E-state index contributed by atoms with van der Waals surface area (Å²) in [5.74, 6) is -0.800. The number of amides is 1. The van der Waals surface area contributed by atoms with E-state index in [9.17, 15) is 9.59 Å². The molecule has 1 unspecified atom stereocenters. The van der Waals surface area contributed by atoms with Crippen molar-refractivity contribution in [1.82, 2.24) is 5.32 Å². The Labute approximate surface area is 119 Å². The molecule has 0 aliphatic heterocycles. The highest BCUT2D eigenvalue weighted by atomic mass is 16.5. The third-order valence-corrected chi connectivity index (χ3v) is 2.88. The van der Waals surface area contributed by atoms with Crippen LogP contribution in [0.4, 0.5) is 5.69 Å². The number of unbranched alkanes of at least 4 members (excludes halogenated alkanes) is 2. The minimum Gasteiger partial charge on any atom is -0.449 e. The lowest BCUT2D eigenvalue weighted by molar-refractivity contribution is -0.129. The molecule has 3 N–H and O–H groups in total. The number of benzene rings is 1. The van der Waals surface area contributed by atoms with Gasteiger partial charge in [0.15, 0.2) is 6.10 Å². The molecule has 20 heavy (non-hydrogen) atoms. The van der Waals surface area contributed by atoms with Gasteiger partial charge in [-0.15, -0.1) is 0 Å². The molecule has 0 heterocycles. The van der Waals surface area contributed by atoms with E-state index in [2.05, 4.69) is 12.2 Å². The van der Waals surface area contributed by atoms with E-state index in [1.165, 1.54) is 0 Å². The van der Waals surface area contributed by atoms with Crippen molar-refractivity contribution in [2.45, 2.75) is 39.2 Å². The Bertz CT molecular complexity index is 443. The number of anilines is 1. The van der Waals surface area contributed by atoms with Crippen LogP contribution < -0.4 is 11.1 Å². The molecule has 0 saturated carbocycles. The van der Waals surface area contributed by atoms with Crippen LogP contribution in [0.15, 0.2) is 24.3 Å². The molecular weight excluding hydrogens is 256 g/mol. The van der Waals surface area contributed by atoms with Crippen LogP contribution in [0, 0.1) is 0 Å². The van der Waals surface area contributed by atoms with Gasteiger partial charge in [0.1, 0.15) is 0 Å². The fourth-order valence-electron chi connectivity index (χ4n) is 1.63. The van der Waals surface area contributed by atoms with Crippen LogP contribution in [0.1, 0.15) is 43.5 Å². The van der Waals surface area contributed by atoms with E-state index in [1.807, 2.05) is 0 Å². The lowest BCUT2D eigenvalue weighted by Gasteiger charge is -2.13. The smallest absolute Gasteiger partial charge is 0.338 e. The summed E-state index contributed by atoms with van der Waals surface area (Å²) in [5.41, 5.74) is 6.49. The van der Waals surface area contributed by atoms with Crippen molar-refractivity contribution in [3.05, 3.63) is 29.8 Å². The average Bonchev–Trinajstić information content (AvgIpc) is 2.44. The molecule has 0 spiro atoms. The fraction of sp³-hybridized carbons (Fsp3) is 0.467. The van der Waals surface area contributed by atoms with Crippen molar-refractivity contribution < 1.29 is 14.3 Å². The number of rotatable bonds is 7. The summed E-state index contributed by atoms with van der Waals surface area (Å²) in [5, 5.41) is 2.75. The number of nitrogen functional groups attached to an aromatic ring is 1. The Balaban J connectivity index is 2.40. The van der Waals surface area contributed by atoms with Crippen molar-refractivity contribution >= 4 is 17.6 Å². The zero-order chi connectivity index (χ0) is 15.0. The third-order valence-electron chi connectivity index (χ3n) is 2.88. The van der Waals surface area contributed by atoms with E-state index < -0.39 is 12.1 Å². The van der Waals surface area contributed by atoms with Gasteiger partial charge in [0.25, 0.3) is 5.91 Å². The topological polar surface area (TPSA) is 81.4 Å². The number of esters is 1. The number of ether oxygens (including phenoxy) is 1. The summed E-state index contributed by atoms with van der Waals surface area (Å²) < 4.78 is 5.10. The molecule has 1 aromatic rings. The molecule has 0 aliphatic carbocycles. The third kappa shape index (κ3) is 5.30. The second-order valence-corrected chi connectivity index (χ2v) is 4.67. The summed E-state index contributed by atoms with van der Waals surface area (Å²) in [6, 6.07) is 6.38. The van der Waals surface area contributed by atoms with Crippen LogP contribution in [-0.4, -0.2) is 24.5 Å². The highest BCUT2D eigenvalue weighted by Crippen LogP contribution is 2.08. The largest absolute Gasteiger partial charge is 0.449 e. The van der Waals surface area contributed by atoms with Crippen LogP contribution in [0.25, 0.3) is 0 Å². The van der Waals surface area contributed by atoms with Crippen LogP contribution >= 0.6 is 0 Å². The van der Waals surface area contributed by atoms with Gasteiger partial charge in [-0.2, -0.15) is 0 Å². The Kier molecular flexibility index (Phi) is 6.56. The monoisotopic (exact) mass is 278 g/mol. The molecule has 110 valence electrons. The van der Waals surface area contributed by atoms with Gasteiger partial charge in [0.2, 0.25) is 0 Å². The number of nitrogens with two attached hydrogens (primary N) is 1. The van der Waals surface area contributed by atoms with Crippen LogP contribution in [0.2, 0.25) is 0 Å². The predicted octanol–water partition coefficient (Wildman–Crippen LogP) is 2.12. The lowest BCUT2D eigenvalue weighted by atomic mass is 10.2. The van der Waals surface area contributed by atoms with Crippen molar-refractivity contribution in [3.8, 4) is 0 Å². The molecule has 0 radical (unpaired) electrons. The first-order valence-electron chi connectivity index (χ1n) is 6.88. The van der Waals surface area contributed by atoms with Crippen molar-refractivity contribution in [2.24, 2.45) is 0 Å². The van der Waals surface area contributed by atoms with E-state index in [0.717, 1.165) is 19.3 Å². The molecule has 0 fully saturated rings. The van der Waals surface area contributed by atoms with Crippen LogP contribution in [-0.2, 0) is 9.53 Å². The maximum atomic E-state index is 11.8. The van der Waals surface area contributed by atoms with Gasteiger partial charge < -0.3 is 15.8 Å². The molecule has 0 aliphatic rings. The van der Waals surface area contributed by atoms with E-state index in [4.69, 9.17) is 10.5 Å². The zero-order valence-corrected chi connectivity index (χ0v) is 12.0. The number of hydrogen-bond donors (Lipinski definition) is 2. The van der Waals surface area contributed by atoms with Gasteiger partial charge >= 0.3 is 5.97 Å². The highest BCUT2D eigenvalue weighted by molar-refractivity contribution is 5.92. The first kappa shape index (κ1) is 16.0. The Morgan fingerprint density at radius 2 is 1.90 bits per heavy atom. The molecule has 0 aromatic heterocycles. The summed E-state index contributed by atoms with van der Waals surface area (Å²) in [7, 11) is 0. The summed E-state index contributed by atoms with van der Waals surface area (Å²) in [4.78, 5) is 23.5. The van der Waals surface area contributed by atoms with Gasteiger partial charge in [-0.25, -0.2) is 4.79 Å². The minimum atomic E-state index is -0.804.